The minimum atomic E-state index is 0.741. The van der Waals surface area contributed by atoms with Gasteiger partial charge in [0.15, 0.2) is 0 Å². The lowest BCUT2D eigenvalue weighted by atomic mass is 10.3. The highest BCUT2D eigenvalue weighted by Gasteiger charge is 2.00. The van der Waals surface area contributed by atoms with Gasteiger partial charge in [-0.3, -0.25) is 0 Å². The minimum Gasteiger partial charge on any atom is -0.329 e. The molecule has 0 heterocycles. The maximum atomic E-state index is 6.88. The van der Waals surface area contributed by atoms with Crippen LogP contribution in [-0.4, -0.2) is 37.3 Å². The smallest absolute Gasteiger partial charge is 0.0105 e. The molecule has 0 aromatic heterocycles. The van der Waals surface area contributed by atoms with Crippen LogP contribution in [0.1, 0.15) is 26.2 Å². The summed E-state index contributed by atoms with van der Waals surface area (Å²) in [5.41, 5.74) is 5.48. The fraction of sp³-hybridized carbons (Fsp3) is 0.889. The van der Waals surface area contributed by atoms with Crippen LogP contribution in [0.5, 0.6) is 0 Å². The van der Waals surface area contributed by atoms with Crippen LogP contribution in [0.15, 0.2) is 0 Å². The van der Waals surface area contributed by atoms with E-state index in [1.54, 1.807) is 0 Å². The van der Waals surface area contributed by atoms with Crippen LogP contribution < -0.4 is 5.73 Å². The van der Waals surface area contributed by atoms with E-state index in [4.69, 9.17) is 11.1 Å². The molecule has 0 aliphatic carbocycles. The van der Waals surface area contributed by atoms with Crippen LogP contribution >= 0.6 is 0 Å². The van der Waals surface area contributed by atoms with E-state index in [0.717, 1.165) is 39.0 Å². The SMILES string of the molecule is CCCN(CCN)CCCC=N. The van der Waals surface area contributed by atoms with Gasteiger partial charge >= 0.3 is 0 Å². The molecule has 12 heavy (non-hydrogen) atoms. The Labute approximate surface area is 75.4 Å². The van der Waals surface area contributed by atoms with Crippen LogP contribution in [0, 0.1) is 5.41 Å². The quantitative estimate of drug-likeness (QED) is 0.424. The third-order valence-corrected chi connectivity index (χ3v) is 1.81. The second-order valence-corrected chi connectivity index (χ2v) is 2.98. The molecule has 0 fully saturated rings. The highest BCUT2D eigenvalue weighted by Crippen LogP contribution is 1.94. The van der Waals surface area contributed by atoms with Crippen LogP contribution in [0.2, 0.25) is 0 Å². The first kappa shape index (κ1) is 11.6. The largest absolute Gasteiger partial charge is 0.329 e. The van der Waals surface area contributed by atoms with Crippen molar-refractivity contribution in [2.24, 2.45) is 5.73 Å². The Bertz CT molecular complexity index is 97.9. The number of unbranched alkanes of at least 4 members (excludes halogenated alkanes) is 1. The molecule has 0 aliphatic rings. The summed E-state index contributed by atoms with van der Waals surface area (Å²) >= 11 is 0. The molecule has 0 unspecified atom stereocenters. The fourth-order valence-corrected chi connectivity index (χ4v) is 1.25. The molecule has 0 aromatic carbocycles. The molecule has 0 bridgehead atoms. The lowest BCUT2D eigenvalue weighted by Crippen LogP contribution is -2.31. The summed E-state index contributed by atoms with van der Waals surface area (Å²) in [5.74, 6) is 0. The van der Waals surface area contributed by atoms with Gasteiger partial charge in [-0.1, -0.05) is 6.92 Å². The number of nitrogens with two attached hydrogens (primary N) is 1. The molecular formula is C9H21N3. The molecule has 0 spiro atoms. The molecule has 0 aromatic rings. The van der Waals surface area contributed by atoms with E-state index < -0.39 is 0 Å². The number of hydrogen-bond donors (Lipinski definition) is 2. The van der Waals surface area contributed by atoms with Crippen molar-refractivity contribution >= 4 is 6.21 Å². The summed E-state index contributed by atoms with van der Waals surface area (Å²) in [6.07, 6.45) is 4.64. The Morgan fingerprint density at radius 2 is 2.08 bits per heavy atom. The molecule has 0 atom stereocenters. The van der Waals surface area contributed by atoms with Crippen molar-refractivity contribution in [1.29, 1.82) is 5.41 Å². The third-order valence-electron chi connectivity index (χ3n) is 1.81. The first-order valence-electron chi connectivity index (χ1n) is 4.76. The second-order valence-electron chi connectivity index (χ2n) is 2.98. The molecule has 0 rings (SSSR count). The van der Waals surface area contributed by atoms with E-state index >= 15 is 0 Å². The molecule has 3 heteroatoms. The summed E-state index contributed by atoms with van der Waals surface area (Å²) in [5, 5.41) is 6.88. The number of hydrogen-bond acceptors (Lipinski definition) is 3. The van der Waals surface area contributed by atoms with E-state index in [9.17, 15) is 0 Å². The van der Waals surface area contributed by atoms with Crippen molar-refractivity contribution in [1.82, 2.24) is 4.90 Å². The van der Waals surface area contributed by atoms with E-state index in [1.165, 1.54) is 12.6 Å². The van der Waals surface area contributed by atoms with Gasteiger partial charge in [-0.15, -0.1) is 0 Å². The molecule has 0 radical (unpaired) electrons. The summed E-state index contributed by atoms with van der Waals surface area (Å²) in [4.78, 5) is 2.36. The highest BCUT2D eigenvalue weighted by atomic mass is 15.1. The van der Waals surface area contributed by atoms with Gasteiger partial charge in [0.2, 0.25) is 0 Å². The van der Waals surface area contributed by atoms with Crippen molar-refractivity contribution < 1.29 is 0 Å². The Morgan fingerprint density at radius 3 is 2.58 bits per heavy atom. The van der Waals surface area contributed by atoms with Crippen LogP contribution in [0.25, 0.3) is 0 Å². The van der Waals surface area contributed by atoms with Crippen LogP contribution in [0.4, 0.5) is 0 Å². The maximum absolute atomic E-state index is 6.88. The van der Waals surface area contributed by atoms with Crippen LogP contribution in [-0.2, 0) is 0 Å². The number of nitrogens with one attached hydrogen (secondary N) is 1. The fourth-order valence-electron chi connectivity index (χ4n) is 1.25. The second kappa shape index (κ2) is 8.68. The van der Waals surface area contributed by atoms with Gasteiger partial charge in [0.1, 0.15) is 0 Å². The monoisotopic (exact) mass is 171 g/mol. The zero-order chi connectivity index (χ0) is 9.23. The number of nitrogens with zero attached hydrogens (tertiary/aromatic N) is 1. The standard InChI is InChI=1S/C9H21N3/c1-2-7-12(9-6-11)8-4-3-5-10/h5,10H,2-4,6-9,11H2,1H3. The van der Waals surface area contributed by atoms with Gasteiger partial charge in [-0.25, -0.2) is 0 Å². The lowest BCUT2D eigenvalue weighted by Gasteiger charge is -2.19. The van der Waals surface area contributed by atoms with Crippen molar-refractivity contribution in [3.63, 3.8) is 0 Å². The van der Waals surface area contributed by atoms with Crippen molar-refractivity contribution in [3.05, 3.63) is 0 Å². The van der Waals surface area contributed by atoms with E-state index in [-0.39, 0.29) is 0 Å². The minimum absolute atomic E-state index is 0.741. The normalized spacial score (nSPS) is 10.6. The van der Waals surface area contributed by atoms with Gasteiger partial charge in [0.25, 0.3) is 0 Å². The molecule has 0 saturated heterocycles. The molecule has 0 amide bonds. The van der Waals surface area contributed by atoms with Gasteiger partial charge < -0.3 is 16.0 Å². The van der Waals surface area contributed by atoms with E-state index in [1.807, 2.05) is 0 Å². The number of rotatable bonds is 8. The molecule has 72 valence electrons. The van der Waals surface area contributed by atoms with Crippen molar-refractivity contribution in [3.8, 4) is 0 Å². The zero-order valence-corrected chi connectivity index (χ0v) is 8.05. The molecular weight excluding hydrogens is 150 g/mol. The summed E-state index contributed by atoms with van der Waals surface area (Å²) < 4.78 is 0. The first-order chi connectivity index (χ1) is 5.85. The molecule has 3 nitrogen and oxygen atoms in total. The lowest BCUT2D eigenvalue weighted by molar-refractivity contribution is 0.280. The van der Waals surface area contributed by atoms with Gasteiger partial charge in [0.05, 0.1) is 0 Å². The Kier molecular flexibility index (Phi) is 8.39. The maximum Gasteiger partial charge on any atom is 0.0105 e. The average molecular weight is 171 g/mol. The van der Waals surface area contributed by atoms with Crippen molar-refractivity contribution in [2.75, 3.05) is 26.2 Å². The Morgan fingerprint density at radius 1 is 1.33 bits per heavy atom. The predicted octanol–water partition coefficient (Wildman–Crippen LogP) is 1.09. The average Bonchev–Trinajstić information content (AvgIpc) is 2.06. The van der Waals surface area contributed by atoms with E-state index in [2.05, 4.69) is 11.8 Å². The van der Waals surface area contributed by atoms with Gasteiger partial charge in [0, 0.05) is 13.1 Å². The summed E-state index contributed by atoms with van der Waals surface area (Å²) in [6.45, 7) is 6.13. The zero-order valence-electron chi connectivity index (χ0n) is 8.05. The highest BCUT2D eigenvalue weighted by molar-refractivity contribution is 5.52. The first-order valence-corrected chi connectivity index (χ1v) is 4.76. The molecule has 3 N–H and O–H groups in total. The van der Waals surface area contributed by atoms with Gasteiger partial charge in [-0.05, 0) is 38.6 Å². The molecule has 0 aliphatic heterocycles. The third kappa shape index (κ3) is 6.31. The molecule has 0 saturated carbocycles. The van der Waals surface area contributed by atoms with Crippen molar-refractivity contribution in [2.45, 2.75) is 26.2 Å². The van der Waals surface area contributed by atoms with E-state index in [0.29, 0.717) is 0 Å². The Balaban J connectivity index is 3.40. The Hall–Kier alpha value is -0.410. The topological polar surface area (TPSA) is 53.1 Å². The van der Waals surface area contributed by atoms with Gasteiger partial charge in [-0.2, -0.15) is 0 Å². The van der Waals surface area contributed by atoms with Crippen LogP contribution in [0.3, 0.4) is 0 Å². The predicted molar refractivity (Wildman–Crippen MR) is 53.8 cm³/mol. The summed E-state index contributed by atoms with van der Waals surface area (Å²) in [6, 6.07) is 0. The summed E-state index contributed by atoms with van der Waals surface area (Å²) in [7, 11) is 0.